The highest BCUT2D eigenvalue weighted by Crippen LogP contribution is 2.51. The SMILES string of the molecule is Cc1ccncc1CCCC[C@@]1(c2cccc(OC(F)(F)F)c2)CCOC2(CCCC2)C1. The molecule has 1 spiro atoms. The molecule has 174 valence electrons. The fraction of sp³-hybridized carbons (Fsp3) is 0.577. The second-order valence-electron chi connectivity index (χ2n) is 9.53. The van der Waals surface area contributed by atoms with Crippen molar-refractivity contribution in [1.29, 1.82) is 0 Å². The normalized spacial score (nSPS) is 22.9. The monoisotopic (exact) mass is 447 g/mol. The van der Waals surface area contributed by atoms with Gasteiger partial charge in [-0.05, 0) is 86.8 Å². The van der Waals surface area contributed by atoms with Gasteiger partial charge in [-0.25, -0.2) is 0 Å². The van der Waals surface area contributed by atoms with E-state index in [9.17, 15) is 13.2 Å². The molecule has 1 saturated heterocycles. The van der Waals surface area contributed by atoms with Crippen LogP contribution in [0, 0.1) is 6.92 Å². The number of aromatic nitrogens is 1. The number of hydrogen-bond donors (Lipinski definition) is 0. The first-order valence-corrected chi connectivity index (χ1v) is 11.7. The Hall–Kier alpha value is -2.08. The Morgan fingerprint density at radius 3 is 2.66 bits per heavy atom. The van der Waals surface area contributed by atoms with E-state index in [0.29, 0.717) is 6.61 Å². The van der Waals surface area contributed by atoms with Gasteiger partial charge in [0.15, 0.2) is 0 Å². The number of hydrogen-bond acceptors (Lipinski definition) is 3. The molecule has 1 aromatic carbocycles. The van der Waals surface area contributed by atoms with E-state index in [0.717, 1.165) is 69.8 Å². The average Bonchev–Trinajstić information content (AvgIpc) is 3.19. The van der Waals surface area contributed by atoms with E-state index >= 15 is 0 Å². The van der Waals surface area contributed by atoms with E-state index in [2.05, 4.69) is 16.6 Å². The molecule has 1 atom stereocenters. The smallest absolute Gasteiger partial charge is 0.406 e. The van der Waals surface area contributed by atoms with Crippen molar-refractivity contribution >= 4 is 0 Å². The molecule has 1 aliphatic carbocycles. The zero-order valence-electron chi connectivity index (χ0n) is 18.7. The van der Waals surface area contributed by atoms with Crippen molar-refractivity contribution in [1.82, 2.24) is 4.98 Å². The first kappa shape index (κ1) is 23.1. The summed E-state index contributed by atoms with van der Waals surface area (Å²) in [6, 6.07) is 8.69. The third-order valence-corrected chi connectivity index (χ3v) is 7.34. The van der Waals surface area contributed by atoms with Gasteiger partial charge in [-0.1, -0.05) is 31.4 Å². The maximum absolute atomic E-state index is 12.8. The molecule has 2 fully saturated rings. The first-order chi connectivity index (χ1) is 15.3. The van der Waals surface area contributed by atoms with Crippen molar-refractivity contribution in [2.24, 2.45) is 0 Å². The first-order valence-electron chi connectivity index (χ1n) is 11.7. The molecule has 0 radical (unpaired) electrons. The van der Waals surface area contributed by atoms with E-state index in [4.69, 9.17) is 4.74 Å². The fourth-order valence-corrected chi connectivity index (χ4v) is 5.72. The Morgan fingerprint density at radius 2 is 1.91 bits per heavy atom. The van der Waals surface area contributed by atoms with Gasteiger partial charge in [0.05, 0.1) is 5.60 Å². The molecule has 2 aromatic rings. The molecule has 0 amide bonds. The third-order valence-electron chi connectivity index (χ3n) is 7.34. The van der Waals surface area contributed by atoms with Gasteiger partial charge in [0.25, 0.3) is 0 Å². The van der Waals surface area contributed by atoms with Crippen LogP contribution in [-0.2, 0) is 16.6 Å². The Kier molecular flexibility index (Phi) is 6.80. The number of unbranched alkanes of at least 4 members (excludes halogenated alkanes) is 1. The highest BCUT2D eigenvalue weighted by Gasteiger charge is 2.47. The fourth-order valence-electron chi connectivity index (χ4n) is 5.72. The summed E-state index contributed by atoms with van der Waals surface area (Å²) in [5.41, 5.74) is 3.16. The molecule has 2 heterocycles. The number of benzene rings is 1. The van der Waals surface area contributed by atoms with Gasteiger partial charge in [-0.2, -0.15) is 0 Å². The summed E-state index contributed by atoms with van der Waals surface area (Å²) in [6.45, 7) is 2.76. The van der Waals surface area contributed by atoms with Crippen molar-refractivity contribution in [2.45, 2.75) is 88.5 Å². The predicted molar refractivity (Wildman–Crippen MR) is 118 cm³/mol. The molecular formula is C26H32F3NO2. The number of halogens is 3. The molecule has 6 heteroatoms. The molecule has 2 aliphatic rings. The third kappa shape index (κ3) is 5.45. The van der Waals surface area contributed by atoms with Crippen LogP contribution in [0.5, 0.6) is 5.75 Å². The Bertz CT molecular complexity index is 908. The maximum atomic E-state index is 12.8. The molecular weight excluding hydrogens is 415 g/mol. The van der Waals surface area contributed by atoms with E-state index in [1.165, 1.54) is 17.2 Å². The lowest BCUT2D eigenvalue weighted by Crippen LogP contribution is -2.46. The number of alkyl halides is 3. The lowest BCUT2D eigenvalue weighted by molar-refractivity contribution is -0.274. The zero-order chi connectivity index (χ0) is 22.7. The van der Waals surface area contributed by atoms with Gasteiger partial charge in [0.1, 0.15) is 5.75 Å². The summed E-state index contributed by atoms with van der Waals surface area (Å²) >= 11 is 0. The summed E-state index contributed by atoms with van der Waals surface area (Å²) in [5, 5.41) is 0. The van der Waals surface area contributed by atoms with Gasteiger partial charge in [-0.3, -0.25) is 4.98 Å². The zero-order valence-corrected chi connectivity index (χ0v) is 18.7. The van der Waals surface area contributed by atoms with Crippen LogP contribution in [0.25, 0.3) is 0 Å². The summed E-state index contributed by atoms with van der Waals surface area (Å²) in [5.74, 6) is -0.132. The van der Waals surface area contributed by atoms with E-state index in [1.807, 2.05) is 24.5 Å². The van der Waals surface area contributed by atoms with Crippen LogP contribution in [0.15, 0.2) is 42.7 Å². The minimum atomic E-state index is -4.68. The van der Waals surface area contributed by atoms with Gasteiger partial charge in [-0.15, -0.1) is 13.2 Å². The molecule has 1 aromatic heterocycles. The van der Waals surface area contributed by atoms with Gasteiger partial charge >= 0.3 is 6.36 Å². The van der Waals surface area contributed by atoms with E-state index in [1.54, 1.807) is 12.1 Å². The molecule has 0 unspecified atom stereocenters. The Labute approximate surface area is 188 Å². The van der Waals surface area contributed by atoms with Crippen molar-refractivity contribution in [2.75, 3.05) is 6.61 Å². The predicted octanol–water partition coefficient (Wildman–Crippen LogP) is 7.06. The van der Waals surface area contributed by atoms with Crippen molar-refractivity contribution in [3.8, 4) is 5.75 Å². The standard InChI is InChI=1S/C26H32F3NO2/c1-20-10-15-30-18-21(20)7-2-3-11-24(14-16-31-25(19-24)12-4-5-13-25)22-8-6-9-23(17-22)32-26(27,28)29/h6,8-10,15,17-18H,2-5,7,11-14,16,19H2,1H3/t24-/m1/s1. The van der Waals surface area contributed by atoms with Gasteiger partial charge in [0.2, 0.25) is 0 Å². The topological polar surface area (TPSA) is 31.4 Å². The average molecular weight is 448 g/mol. The van der Waals surface area contributed by atoms with E-state index < -0.39 is 6.36 Å². The second-order valence-corrected chi connectivity index (χ2v) is 9.53. The molecule has 0 bridgehead atoms. The van der Waals surface area contributed by atoms with Crippen molar-refractivity contribution < 1.29 is 22.6 Å². The van der Waals surface area contributed by atoms with E-state index in [-0.39, 0.29) is 16.8 Å². The maximum Gasteiger partial charge on any atom is 0.573 e. The lowest BCUT2D eigenvalue weighted by Gasteiger charge is -2.47. The molecule has 1 saturated carbocycles. The molecule has 4 rings (SSSR count). The van der Waals surface area contributed by atoms with Crippen LogP contribution in [0.3, 0.4) is 0 Å². The van der Waals surface area contributed by atoms with Crippen LogP contribution in [0.1, 0.15) is 74.5 Å². The minimum Gasteiger partial charge on any atom is -0.406 e. The number of rotatable bonds is 7. The summed E-state index contributed by atoms with van der Waals surface area (Å²) in [6.07, 6.45) is 9.12. The summed E-state index contributed by atoms with van der Waals surface area (Å²) in [4.78, 5) is 4.24. The summed E-state index contributed by atoms with van der Waals surface area (Å²) in [7, 11) is 0. The Balaban J connectivity index is 1.53. The van der Waals surface area contributed by atoms with Crippen LogP contribution in [0.4, 0.5) is 13.2 Å². The number of pyridine rings is 1. The molecule has 0 N–H and O–H groups in total. The number of ether oxygens (including phenoxy) is 2. The van der Waals surface area contributed by atoms with Crippen LogP contribution in [-0.4, -0.2) is 23.6 Å². The second kappa shape index (κ2) is 9.42. The highest BCUT2D eigenvalue weighted by atomic mass is 19.4. The minimum absolute atomic E-state index is 0.126. The van der Waals surface area contributed by atoms with Gasteiger partial charge < -0.3 is 9.47 Å². The molecule has 3 nitrogen and oxygen atoms in total. The van der Waals surface area contributed by atoms with Gasteiger partial charge in [0, 0.05) is 24.4 Å². The Morgan fingerprint density at radius 1 is 1.09 bits per heavy atom. The highest BCUT2D eigenvalue weighted by molar-refractivity contribution is 5.35. The quantitative estimate of drug-likeness (QED) is 0.426. The molecule has 32 heavy (non-hydrogen) atoms. The van der Waals surface area contributed by atoms with Crippen molar-refractivity contribution in [3.05, 3.63) is 59.4 Å². The largest absolute Gasteiger partial charge is 0.573 e. The molecule has 1 aliphatic heterocycles. The van der Waals surface area contributed by atoms with Crippen LogP contribution >= 0.6 is 0 Å². The van der Waals surface area contributed by atoms with Crippen LogP contribution in [0.2, 0.25) is 0 Å². The van der Waals surface area contributed by atoms with Crippen LogP contribution < -0.4 is 4.74 Å². The number of nitrogens with zero attached hydrogens (tertiary/aromatic N) is 1. The lowest BCUT2D eigenvalue weighted by atomic mass is 9.65. The van der Waals surface area contributed by atoms with Crippen molar-refractivity contribution in [3.63, 3.8) is 0 Å². The number of aryl methyl sites for hydroxylation is 2. The summed E-state index contributed by atoms with van der Waals surface area (Å²) < 4.78 is 49.1.